The summed E-state index contributed by atoms with van der Waals surface area (Å²) in [5.74, 6) is -1.04. The van der Waals surface area contributed by atoms with Gasteiger partial charge in [0.2, 0.25) is 0 Å². The monoisotopic (exact) mass is 281 g/mol. The van der Waals surface area contributed by atoms with E-state index in [0.29, 0.717) is 5.52 Å². The quantitative estimate of drug-likeness (QED) is 0.408. The van der Waals surface area contributed by atoms with Crippen molar-refractivity contribution >= 4 is 22.6 Å². The molecule has 3 N–H and O–H groups in total. The molecule has 2 unspecified atom stereocenters. The number of nitrogens with zero attached hydrogens (tertiary/aromatic N) is 2. The van der Waals surface area contributed by atoms with Crippen molar-refractivity contribution in [2.24, 2.45) is 0 Å². The van der Waals surface area contributed by atoms with Crippen LogP contribution in [0.25, 0.3) is 10.9 Å². The number of nitro groups is 1. The van der Waals surface area contributed by atoms with Crippen molar-refractivity contribution in [2.45, 2.75) is 12.2 Å². The third-order valence-electron chi connectivity index (χ3n) is 2.84. The van der Waals surface area contributed by atoms with Crippen LogP contribution in [-0.2, 0) is 9.53 Å². The fourth-order valence-corrected chi connectivity index (χ4v) is 1.81. The van der Waals surface area contributed by atoms with E-state index >= 15 is 0 Å². The van der Waals surface area contributed by atoms with E-state index < -0.39 is 23.1 Å². The number of aromatic amines is 1. The maximum Gasteiger partial charge on any atom is 0.337 e. The van der Waals surface area contributed by atoms with Crippen LogP contribution in [0.15, 0.2) is 18.3 Å². The van der Waals surface area contributed by atoms with E-state index in [2.05, 4.69) is 14.9 Å². The third-order valence-corrected chi connectivity index (χ3v) is 2.84. The molecule has 106 valence electrons. The van der Waals surface area contributed by atoms with Crippen LogP contribution in [0.2, 0.25) is 0 Å². The summed E-state index contributed by atoms with van der Waals surface area (Å²) in [5.41, 5.74) is 0.0269. The van der Waals surface area contributed by atoms with E-state index in [1.54, 1.807) is 0 Å². The number of esters is 1. The minimum Gasteiger partial charge on any atom is -0.467 e. The number of carbonyl (C=O) groups excluding carboxylic acids is 1. The predicted octanol–water partition coefficient (Wildman–Crippen LogP) is 0.0384. The minimum absolute atomic E-state index is 0.00588. The van der Waals surface area contributed by atoms with Crippen molar-refractivity contribution in [3.8, 4) is 0 Å². The lowest BCUT2D eigenvalue weighted by Crippen LogP contribution is -2.29. The summed E-state index contributed by atoms with van der Waals surface area (Å²) in [7, 11) is 1.05. The lowest BCUT2D eigenvalue weighted by atomic mass is 10.0. The topological polar surface area (TPSA) is 139 Å². The molecule has 9 heteroatoms. The zero-order valence-corrected chi connectivity index (χ0v) is 10.3. The summed E-state index contributed by atoms with van der Waals surface area (Å²) < 4.78 is 4.30. The Morgan fingerprint density at radius 3 is 2.80 bits per heavy atom. The fourth-order valence-electron chi connectivity index (χ4n) is 1.81. The molecule has 1 aromatic carbocycles. The number of ether oxygens (including phenoxy) is 1. The third kappa shape index (κ3) is 2.31. The number of fused-ring (bicyclic) bond motifs is 1. The van der Waals surface area contributed by atoms with Crippen LogP contribution in [0.5, 0.6) is 0 Å². The number of non-ortho nitro benzene ring substituents is 1. The van der Waals surface area contributed by atoms with Crippen molar-refractivity contribution < 1.29 is 24.7 Å². The number of methoxy groups -OCH3 is 1. The Balaban J connectivity index is 2.49. The normalized spacial score (nSPS) is 13.9. The van der Waals surface area contributed by atoms with Crippen molar-refractivity contribution in [2.75, 3.05) is 7.11 Å². The minimum atomic E-state index is -1.83. The average Bonchev–Trinajstić information content (AvgIpc) is 2.91. The first-order valence-electron chi connectivity index (χ1n) is 5.51. The average molecular weight is 281 g/mol. The standard InChI is InChI=1S/C11H11N3O6/c1-20-11(17)10(16)9(15)5-2-7-6(4-12-13-7)8(3-5)14(18)19/h2-4,9-10,15-16H,1H3,(H,12,13). The molecule has 0 radical (unpaired) electrons. The van der Waals surface area contributed by atoms with E-state index in [0.717, 1.165) is 13.2 Å². The number of nitro benzene ring substituents is 1. The van der Waals surface area contributed by atoms with Crippen molar-refractivity contribution in [1.82, 2.24) is 10.2 Å². The number of benzene rings is 1. The Labute approximate surface area is 111 Å². The lowest BCUT2D eigenvalue weighted by Gasteiger charge is -2.15. The molecule has 0 aliphatic carbocycles. The summed E-state index contributed by atoms with van der Waals surface area (Å²) >= 11 is 0. The number of nitrogens with one attached hydrogen (secondary N) is 1. The van der Waals surface area contributed by atoms with Gasteiger partial charge in [0, 0.05) is 6.07 Å². The largest absolute Gasteiger partial charge is 0.467 e. The highest BCUT2D eigenvalue weighted by Gasteiger charge is 2.28. The van der Waals surface area contributed by atoms with Crippen LogP contribution < -0.4 is 0 Å². The van der Waals surface area contributed by atoms with Gasteiger partial charge in [-0.05, 0) is 11.6 Å². The van der Waals surface area contributed by atoms with Gasteiger partial charge in [-0.15, -0.1) is 0 Å². The Bertz CT molecular complexity index is 667. The molecule has 9 nitrogen and oxygen atoms in total. The second-order valence-electron chi connectivity index (χ2n) is 4.04. The van der Waals surface area contributed by atoms with Crippen LogP contribution in [0.4, 0.5) is 5.69 Å². The zero-order valence-electron chi connectivity index (χ0n) is 10.3. The molecule has 0 saturated heterocycles. The highest BCUT2D eigenvalue weighted by molar-refractivity contribution is 5.88. The van der Waals surface area contributed by atoms with Crippen LogP contribution in [0, 0.1) is 10.1 Å². The van der Waals surface area contributed by atoms with Gasteiger partial charge in [0.25, 0.3) is 5.69 Å². The summed E-state index contributed by atoms with van der Waals surface area (Å²) in [5, 5.41) is 36.9. The van der Waals surface area contributed by atoms with Gasteiger partial charge in [0.05, 0.1) is 29.1 Å². The van der Waals surface area contributed by atoms with Crippen LogP contribution in [0.1, 0.15) is 11.7 Å². The molecule has 0 amide bonds. The van der Waals surface area contributed by atoms with Crippen LogP contribution in [-0.4, -0.2) is 44.5 Å². The predicted molar refractivity (Wildman–Crippen MR) is 65.7 cm³/mol. The SMILES string of the molecule is COC(=O)C(O)C(O)c1cc([N+](=O)[O-])c2cn[nH]c2c1. The molecule has 0 aliphatic rings. The fraction of sp³-hybridized carbons (Fsp3) is 0.273. The molecular formula is C11H11N3O6. The van der Waals surface area contributed by atoms with Gasteiger partial charge >= 0.3 is 5.97 Å². The molecule has 0 aliphatic heterocycles. The Morgan fingerprint density at radius 2 is 2.20 bits per heavy atom. The van der Waals surface area contributed by atoms with Crippen molar-refractivity contribution in [3.63, 3.8) is 0 Å². The molecular weight excluding hydrogens is 270 g/mol. The molecule has 1 aromatic heterocycles. The van der Waals surface area contributed by atoms with Crippen molar-refractivity contribution in [3.05, 3.63) is 34.0 Å². The highest BCUT2D eigenvalue weighted by atomic mass is 16.6. The number of carbonyl (C=O) groups is 1. The van der Waals surface area contributed by atoms with Crippen LogP contribution >= 0.6 is 0 Å². The van der Waals surface area contributed by atoms with Gasteiger partial charge in [0.1, 0.15) is 6.10 Å². The highest BCUT2D eigenvalue weighted by Crippen LogP contribution is 2.29. The number of hydrogen-bond donors (Lipinski definition) is 3. The molecule has 0 fully saturated rings. The maximum absolute atomic E-state index is 11.2. The van der Waals surface area contributed by atoms with E-state index in [1.165, 1.54) is 12.3 Å². The molecule has 0 bridgehead atoms. The molecule has 2 rings (SSSR count). The number of aliphatic hydroxyl groups is 2. The van der Waals surface area contributed by atoms with E-state index in [4.69, 9.17) is 0 Å². The van der Waals surface area contributed by atoms with Gasteiger partial charge in [-0.25, -0.2) is 4.79 Å². The molecule has 0 spiro atoms. The van der Waals surface area contributed by atoms with E-state index in [-0.39, 0.29) is 16.6 Å². The first-order chi connectivity index (χ1) is 9.45. The first-order valence-corrected chi connectivity index (χ1v) is 5.51. The molecule has 2 aromatic rings. The Morgan fingerprint density at radius 1 is 1.50 bits per heavy atom. The molecule has 0 saturated carbocycles. The van der Waals surface area contributed by atoms with E-state index in [9.17, 15) is 25.1 Å². The smallest absolute Gasteiger partial charge is 0.337 e. The lowest BCUT2D eigenvalue weighted by molar-refractivity contribution is -0.383. The number of hydrogen-bond acceptors (Lipinski definition) is 7. The molecule has 20 heavy (non-hydrogen) atoms. The van der Waals surface area contributed by atoms with Gasteiger partial charge in [-0.3, -0.25) is 15.2 Å². The van der Waals surface area contributed by atoms with Gasteiger partial charge in [0.15, 0.2) is 6.10 Å². The summed E-state index contributed by atoms with van der Waals surface area (Å²) in [6.07, 6.45) is -2.20. The second-order valence-corrected chi connectivity index (χ2v) is 4.04. The molecule has 2 atom stereocenters. The number of aromatic nitrogens is 2. The summed E-state index contributed by atoms with van der Waals surface area (Å²) in [6.45, 7) is 0. The van der Waals surface area contributed by atoms with Crippen LogP contribution in [0.3, 0.4) is 0 Å². The number of H-pyrrole nitrogens is 1. The number of rotatable bonds is 4. The van der Waals surface area contributed by atoms with E-state index in [1.807, 2.05) is 0 Å². The maximum atomic E-state index is 11.2. The number of aliphatic hydroxyl groups excluding tert-OH is 2. The molecule has 1 heterocycles. The zero-order chi connectivity index (χ0) is 14.9. The van der Waals surface area contributed by atoms with Gasteiger partial charge in [-0.1, -0.05) is 0 Å². The summed E-state index contributed by atoms with van der Waals surface area (Å²) in [6, 6.07) is 2.45. The second kappa shape index (κ2) is 5.23. The summed E-state index contributed by atoms with van der Waals surface area (Å²) in [4.78, 5) is 21.5. The van der Waals surface area contributed by atoms with Crippen molar-refractivity contribution in [1.29, 1.82) is 0 Å². The van der Waals surface area contributed by atoms with Gasteiger partial charge < -0.3 is 14.9 Å². The van der Waals surface area contributed by atoms with Gasteiger partial charge in [-0.2, -0.15) is 5.10 Å². The Hall–Kier alpha value is -2.52. The first kappa shape index (κ1) is 13.9. The Kier molecular flexibility index (Phi) is 3.63.